The summed E-state index contributed by atoms with van der Waals surface area (Å²) in [5.74, 6) is -0.889. The number of anilines is 1. The smallest absolute Gasteiger partial charge is 0.338 e. The van der Waals surface area contributed by atoms with Crippen LogP contribution in [0.2, 0.25) is 0 Å². The SMILES string of the molecule is Cc1ccc(C(=O)OCC(=O)Nc2c(C)nn(C)c2C)c(C)c1. The number of nitrogens with one attached hydrogen (secondary N) is 1. The Morgan fingerprint density at radius 2 is 1.91 bits per heavy atom. The van der Waals surface area contributed by atoms with E-state index in [9.17, 15) is 9.59 Å². The minimum absolute atomic E-state index is 0.333. The minimum atomic E-state index is -0.503. The molecule has 0 aliphatic carbocycles. The number of carbonyl (C=O) groups excluding carboxylic acids is 2. The lowest BCUT2D eigenvalue weighted by Crippen LogP contribution is -2.22. The molecule has 0 fully saturated rings. The third kappa shape index (κ3) is 3.77. The highest BCUT2D eigenvalue weighted by molar-refractivity contribution is 5.96. The molecular weight excluding hydrogens is 294 g/mol. The van der Waals surface area contributed by atoms with Gasteiger partial charge in [0.1, 0.15) is 0 Å². The van der Waals surface area contributed by atoms with Crippen molar-refractivity contribution >= 4 is 17.6 Å². The molecule has 0 bridgehead atoms. The summed E-state index contributed by atoms with van der Waals surface area (Å²) in [6.45, 7) is 7.13. The van der Waals surface area contributed by atoms with Crippen LogP contribution >= 0.6 is 0 Å². The number of rotatable bonds is 4. The number of esters is 1. The first-order valence-electron chi connectivity index (χ1n) is 7.34. The third-order valence-corrected chi connectivity index (χ3v) is 3.71. The predicted octanol–water partition coefficient (Wildman–Crippen LogP) is 2.45. The second-order valence-corrected chi connectivity index (χ2v) is 5.61. The van der Waals surface area contributed by atoms with Gasteiger partial charge in [-0.1, -0.05) is 17.7 Å². The molecule has 0 aliphatic rings. The molecule has 1 aromatic carbocycles. The summed E-state index contributed by atoms with van der Waals surface area (Å²) in [6.07, 6.45) is 0. The van der Waals surface area contributed by atoms with Crippen molar-refractivity contribution in [3.8, 4) is 0 Å². The van der Waals surface area contributed by atoms with E-state index in [0.29, 0.717) is 11.3 Å². The van der Waals surface area contributed by atoms with E-state index >= 15 is 0 Å². The average molecular weight is 315 g/mol. The molecule has 1 aromatic heterocycles. The van der Waals surface area contributed by atoms with Crippen molar-refractivity contribution in [2.75, 3.05) is 11.9 Å². The summed E-state index contributed by atoms with van der Waals surface area (Å²) in [5.41, 5.74) is 4.58. The molecule has 2 rings (SSSR count). The van der Waals surface area contributed by atoms with Crippen molar-refractivity contribution < 1.29 is 14.3 Å². The number of ether oxygens (including phenoxy) is 1. The fourth-order valence-electron chi connectivity index (χ4n) is 2.38. The van der Waals surface area contributed by atoms with Crippen LogP contribution in [0.4, 0.5) is 5.69 Å². The van der Waals surface area contributed by atoms with Gasteiger partial charge in [0.2, 0.25) is 0 Å². The molecular formula is C17H21N3O3. The number of carbonyl (C=O) groups is 2. The normalized spacial score (nSPS) is 10.5. The largest absolute Gasteiger partial charge is 0.452 e. The van der Waals surface area contributed by atoms with Crippen molar-refractivity contribution in [1.82, 2.24) is 9.78 Å². The Balaban J connectivity index is 1.97. The van der Waals surface area contributed by atoms with Crippen LogP contribution in [-0.4, -0.2) is 28.3 Å². The van der Waals surface area contributed by atoms with E-state index in [-0.39, 0.29) is 12.5 Å². The van der Waals surface area contributed by atoms with Gasteiger partial charge in [-0.3, -0.25) is 9.48 Å². The first kappa shape index (κ1) is 16.7. The first-order chi connectivity index (χ1) is 10.8. The van der Waals surface area contributed by atoms with Crippen LogP contribution < -0.4 is 5.32 Å². The molecule has 1 amide bonds. The molecule has 0 saturated heterocycles. The van der Waals surface area contributed by atoms with E-state index in [1.165, 1.54) is 0 Å². The Hall–Kier alpha value is -2.63. The van der Waals surface area contributed by atoms with Gasteiger partial charge < -0.3 is 10.1 Å². The molecule has 0 aliphatic heterocycles. The summed E-state index contributed by atoms with van der Waals surface area (Å²) in [4.78, 5) is 24.0. The van der Waals surface area contributed by atoms with Crippen LogP contribution in [0.15, 0.2) is 18.2 Å². The molecule has 23 heavy (non-hydrogen) atoms. The Morgan fingerprint density at radius 1 is 1.22 bits per heavy atom. The van der Waals surface area contributed by atoms with Crippen molar-refractivity contribution in [2.24, 2.45) is 7.05 Å². The maximum atomic E-state index is 12.1. The van der Waals surface area contributed by atoms with Gasteiger partial charge in [0.15, 0.2) is 6.61 Å². The minimum Gasteiger partial charge on any atom is -0.452 e. The van der Waals surface area contributed by atoms with Gasteiger partial charge in [-0.15, -0.1) is 0 Å². The fourth-order valence-corrected chi connectivity index (χ4v) is 2.38. The quantitative estimate of drug-likeness (QED) is 0.880. The number of hydrogen-bond donors (Lipinski definition) is 1. The second kappa shape index (κ2) is 6.64. The van der Waals surface area contributed by atoms with Crippen LogP contribution in [0.25, 0.3) is 0 Å². The molecule has 0 unspecified atom stereocenters. The highest BCUT2D eigenvalue weighted by Gasteiger charge is 2.15. The van der Waals surface area contributed by atoms with Gasteiger partial charge in [-0.2, -0.15) is 5.10 Å². The second-order valence-electron chi connectivity index (χ2n) is 5.61. The summed E-state index contributed by atoms with van der Waals surface area (Å²) in [7, 11) is 1.80. The zero-order valence-corrected chi connectivity index (χ0v) is 14.1. The van der Waals surface area contributed by atoms with Crippen molar-refractivity contribution in [2.45, 2.75) is 27.7 Å². The van der Waals surface area contributed by atoms with E-state index in [4.69, 9.17) is 4.74 Å². The zero-order chi connectivity index (χ0) is 17.1. The van der Waals surface area contributed by atoms with Crippen LogP contribution in [-0.2, 0) is 16.6 Å². The molecule has 2 aromatic rings. The molecule has 6 nitrogen and oxygen atoms in total. The average Bonchev–Trinajstić information content (AvgIpc) is 2.71. The molecule has 122 valence electrons. The maximum Gasteiger partial charge on any atom is 0.338 e. The topological polar surface area (TPSA) is 73.2 Å². The van der Waals surface area contributed by atoms with Crippen molar-refractivity contribution in [1.29, 1.82) is 0 Å². The summed E-state index contributed by atoms with van der Waals surface area (Å²) >= 11 is 0. The van der Waals surface area contributed by atoms with E-state index in [2.05, 4.69) is 10.4 Å². The lowest BCUT2D eigenvalue weighted by Gasteiger charge is -2.09. The predicted molar refractivity (Wildman–Crippen MR) is 87.5 cm³/mol. The van der Waals surface area contributed by atoms with E-state index in [1.807, 2.05) is 39.8 Å². The number of hydrogen-bond acceptors (Lipinski definition) is 4. The standard InChI is InChI=1S/C17H21N3O3/c1-10-6-7-14(11(2)8-10)17(22)23-9-15(21)18-16-12(3)19-20(5)13(16)4/h6-8H,9H2,1-5H3,(H,18,21). The van der Waals surface area contributed by atoms with Crippen molar-refractivity contribution in [3.05, 3.63) is 46.3 Å². The lowest BCUT2D eigenvalue weighted by molar-refractivity contribution is -0.119. The molecule has 1 heterocycles. The van der Waals surface area contributed by atoms with E-state index in [0.717, 1.165) is 22.5 Å². The number of aryl methyl sites for hydroxylation is 4. The van der Waals surface area contributed by atoms with Crippen LogP contribution in [0, 0.1) is 27.7 Å². The Labute approximate surface area is 135 Å². The van der Waals surface area contributed by atoms with Gasteiger partial charge in [-0.05, 0) is 39.3 Å². The number of aromatic nitrogens is 2. The maximum absolute atomic E-state index is 12.1. The molecule has 1 N–H and O–H groups in total. The van der Waals surface area contributed by atoms with Gasteiger partial charge in [0, 0.05) is 7.05 Å². The molecule has 0 atom stereocenters. The highest BCUT2D eigenvalue weighted by atomic mass is 16.5. The number of amides is 1. The summed E-state index contributed by atoms with van der Waals surface area (Å²) in [6, 6.07) is 5.45. The monoisotopic (exact) mass is 315 g/mol. The Kier molecular flexibility index (Phi) is 4.83. The third-order valence-electron chi connectivity index (χ3n) is 3.71. The Morgan fingerprint density at radius 3 is 2.48 bits per heavy atom. The van der Waals surface area contributed by atoms with Crippen LogP contribution in [0.3, 0.4) is 0 Å². The molecule has 0 saturated carbocycles. The fraction of sp³-hybridized carbons (Fsp3) is 0.353. The van der Waals surface area contributed by atoms with Crippen LogP contribution in [0.1, 0.15) is 32.9 Å². The molecule has 6 heteroatoms. The van der Waals surface area contributed by atoms with Crippen molar-refractivity contribution in [3.63, 3.8) is 0 Å². The van der Waals surface area contributed by atoms with Gasteiger partial charge in [-0.25, -0.2) is 4.79 Å². The van der Waals surface area contributed by atoms with E-state index in [1.54, 1.807) is 17.8 Å². The zero-order valence-electron chi connectivity index (χ0n) is 14.1. The van der Waals surface area contributed by atoms with Gasteiger partial charge in [0.05, 0.1) is 22.6 Å². The first-order valence-corrected chi connectivity index (χ1v) is 7.34. The Bertz CT molecular complexity index is 763. The molecule has 0 spiro atoms. The molecule has 0 radical (unpaired) electrons. The highest BCUT2D eigenvalue weighted by Crippen LogP contribution is 2.18. The van der Waals surface area contributed by atoms with Gasteiger partial charge >= 0.3 is 5.97 Å². The van der Waals surface area contributed by atoms with Gasteiger partial charge in [0.25, 0.3) is 5.91 Å². The summed E-state index contributed by atoms with van der Waals surface area (Å²) in [5, 5.41) is 6.95. The van der Waals surface area contributed by atoms with Crippen LogP contribution in [0.5, 0.6) is 0 Å². The number of benzene rings is 1. The summed E-state index contributed by atoms with van der Waals surface area (Å²) < 4.78 is 6.78. The number of nitrogens with zero attached hydrogens (tertiary/aromatic N) is 2. The van der Waals surface area contributed by atoms with E-state index < -0.39 is 5.97 Å². The lowest BCUT2D eigenvalue weighted by atomic mass is 10.1.